The second-order valence-corrected chi connectivity index (χ2v) is 8.15. The van der Waals surface area contributed by atoms with E-state index >= 15 is 0 Å². The third-order valence-corrected chi connectivity index (χ3v) is 5.95. The van der Waals surface area contributed by atoms with Gasteiger partial charge in [0.25, 0.3) is 10.0 Å². The van der Waals surface area contributed by atoms with Crippen LogP contribution in [0.3, 0.4) is 0 Å². The maximum absolute atomic E-state index is 12.2. The molecule has 0 spiro atoms. The van der Waals surface area contributed by atoms with Gasteiger partial charge in [0, 0.05) is 10.3 Å². The van der Waals surface area contributed by atoms with Crippen molar-refractivity contribution in [3.8, 4) is 0 Å². The van der Waals surface area contributed by atoms with Gasteiger partial charge in [-0.3, -0.25) is 0 Å². The van der Waals surface area contributed by atoms with E-state index in [9.17, 15) is 8.42 Å². The van der Waals surface area contributed by atoms with E-state index in [2.05, 4.69) is 9.71 Å². The molecule has 0 fully saturated rings. The molecule has 4 nitrogen and oxygen atoms in total. The molecule has 3 rings (SSSR count). The van der Waals surface area contributed by atoms with Crippen LogP contribution >= 0.6 is 23.4 Å². The number of anilines is 1. The lowest BCUT2D eigenvalue weighted by molar-refractivity contribution is 0.598. The molecule has 0 saturated heterocycles. The molecule has 0 saturated carbocycles. The summed E-state index contributed by atoms with van der Waals surface area (Å²) in [5.74, 6) is 0. The highest BCUT2D eigenvalue weighted by molar-refractivity contribution is 8.15. The number of sulfonamides is 1. The standard InChI is InChI=1S/C15H13ClN2O2S2/c1-10(11-5-3-2-4-6-11)21-15-17-13-9-12(16)7-8-14(13)22(19,20)18-15/h2-10H,1H3,(H,17,18). The fourth-order valence-electron chi connectivity index (χ4n) is 2.13. The van der Waals surface area contributed by atoms with Crippen LogP contribution in [0.4, 0.5) is 5.69 Å². The van der Waals surface area contributed by atoms with Crippen molar-refractivity contribution in [1.29, 1.82) is 0 Å². The number of fused-ring (bicyclic) bond motifs is 1. The number of benzene rings is 2. The number of hydrogen-bond acceptors (Lipinski definition) is 4. The Morgan fingerprint density at radius 2 is 1.91 bits per heavy atom. The van der Waals surface area contributed by atoms with Crippen LogP contribution in [0.25, 0.3) is 0 Å². The third-order valence-electron chi connectivity index (χ3n) is 3.22. The number of halogens is 1. The first kappa shape index (κ1) is 15.4. The van der Waals surface area contributed by atoms with E-state index < -0.39 is 10.0 Å². The minimum atomic E-state index is -3.69. The van der Waals surface area contributed by atoms with Crippen LogP contribution in [0, 0.1) is 0 Å². The Bertz CT molecular complexity index is 836. The molecule has 1 aliphatic heterocycles. The van der Waals surface area contributed by atoms with Gasteiger partial charge in [-0.05, 0) is 30.7 Å². The topological polar surface area (TPSA) is 58.5 Å². The van der Waals surface area contributed by atoms with Crippen molar-refractivity contribution in [2.75, 3.05) is 5.32 Å². The molecule has 0 bridgehead atoms. The van der Waals surface area contributed by atoms with Crippen LogP contribution in [-0.4, -0.2) is 13.6 Å². The fraction of sp³-hybridized carbons (Fsp3) is 0.133. The molecule has 1 heterocycles. The van der Waals surface area contributed by atoms with E-state index in [-0.39, 0.29) is 10.1 Å². The third kappa shape index (κ3) is 3.14. The monoisotopic (exact) mass is 352 g/mol. The van der Waals surface area contributed by atoms with Gasteiger partial charge < -0.3 is 5.32 Å². The summed E-state index contributed by atoms with van der Waals surface area (Å²) in [4.78, 5) is 0.147. The summed E-state index contributed by atoms with van der Waals surface area (Å²) in [6.07, 6.45) is 0. The lowest BCUT2D eigenvalue weighted by atomic mass is 10.2. The lowest BCUT2D eigenvalue weighted by Gasteiger charge is -2.20. The van der Waals surface area contributed by atoms with E-state index in [0.717, 1.165) is 5.56 Å². The fourth-order valence-corrected chi connectivity index (χ4v) is 4.56. The average Bonchev–Trinajstić information content (AvgIpc) is 2.46. The minimum Gasteiger partial charge on any atom is -0.333 e. The molecule has 0 aliphatic carbocycles. The molecule has 7 heteroatoms. The van der Waals surface area contributed by atoms with Crippen molar-refractivity contribution in [2.45, 2.75) is 17.1 Å². The SMILES string of the molecule is CC(SC1=NS(=O)(=O)c2ccc(Cl)cc2N1)c1ccccc1. The van der Waals surface area contributed by atoms with Gasteiger partial charge >= 0.3 is 0 Å². The Hall–Kier alpha value is -1.50. The van der Waals surface area contributed by atoms with Crippen LogP contribution in [0.15, 0.2) is 57.8 Å². The molecule has 1 aliphatic rings. The maximum Gasteiger partial charge on any atom is 0.286 e. The van der Waals surface area contributed by atoms with Gasteiger partial charge in [0.05, 0.1) is 5.69 Å². The van der Waals surface area contributed by atoms with Crippen LogP contribution in [0.5, 0.6) is 0 Å². The predicted molar refractivity (Wildman–Crippen MR) is 92.1 cm³/mol. The summed E-state index contributed by atoms with van der Waals surface area (Å²) in [5, 5.41) is 3.94. The average molecular weight is 353 g/mol. The van der Waals surface area contributed by atoms with Crippen LogP contribution in [0.1, 0.15) is 17.7 Å². The van der Waals surface area contributed by atoms with E-state index in [1.54, 1.807) is 12.1 Å². The Morgan fingerprint density at radius 1 is 1.18 bits per heavy atom. The quantitative estimate of drug-likeness (QED) is 0.875. The maximum atomic E-state index is 12.2. The van der Waals surface area contributed by atoms with Gasteiger partial charge in [0.15, 0.2) is 5.17 Å². The largest absolute Gasteiger partial charge is 0.333 e. The van der Waals surface area contributed by atoms with Crippen molar-refractivity contribution in [1.82, 2.24) is 0 Å². The second kappa shape index (κ2) is 5.95. The zero-order valence-corrected chi connectivity index (χ0v) is 14.0. The van der Waals surface area contributed by atoms with Crippen LogP contribution < -0.4 is 5.32 Å². The molecule has 22 heavy (non-hydrogen) atoms. The first-order chi connectivity index (χ1) is 10.5. The number of thioether (sulfide) groups is 1. The Kier molecular flexibility index (Phi) is 4.16. The minimum absolute atomic E-state index is 0.0726. The first-order valence-electron chi connectivity index (χ1n) is 6.59. The van der Waals surface area contributed by atoms with Crippen molar-refractivity contribution in [3.63, 3.8) is 0 Å². The van der Waals surface area contributed by atoms with Gasteiger partial charge in [-0.2, -0.15) is 8.42 Å². The molecule has 1 unspecified atom stereocenters. The molecule has 2 aromatic carbocycles. The summed E-state index contributed by atoms with van der Waals surface area (Å²) < 4.78 is 28.3. The molecular weight excluding hydrogens is 340 g/mol. The van der Waals surface area contributed by atoms with Crippen molar-refractivity contribution < 1.29 is 8.42 Å². The van der Waals surface area contributed by atoms with E-state index in [1.165, 1.54) is 17.8 Å². The Balaban J connectivity index is 1.89. The van der Waals surface area contributed by atoms with Gasteiger partial charge in [-0.15, -0.1) is 4.40 Å². The van der Waals surface area contributed by atoms with Crippen molar-refractivity contribution >= 4 is 44.2 Å². The van der Waals surface area contributed by atoms with E-state index in [4.69, 9.17) is 11.6 Å². The highest BCUT2D eigenvalue weighted by atomic mass is 35.5. The number of hydrogen-bond donors (Lipinski definition) is 1. The smallest absolute Gasteiger partial charge is 0.286 e. The molecule has 114 valence electrons. The van der Waals surface area contributed by atoms with Crippen molar-refractivity contribution in [3.05, 3.63) is 59.1 Å². The van der Waals surface area contributed by atoms with Crippen molar-refractivity contribution in [2.24, 2.45) is 4.40 Å². The van der Waals surface area contributed by atoms with Gasteiger partial charge in [0.1, 0.15) is 4.90 Å². The summed E-state index contributed by atoms with van der Waals surface area (Å²) in [5.41, 5.74) is 1.57. The number of nitrogens with zero attached hydrogens (tertiary/aromatic N) is 1. The van der Waals surface area contributed by atoms with E-state index in [0.29, 0.717) is 15.9 Å². The Labute approximate surface area is 138 Å². The molecule has 1 N–H and O–H groups in total. The predicted octanol–water partition coefficient (Wildman–Crippen LogP) is 4.30. The molecule has 0 aromatic heterocycles. The van der Waals surface area contributed by atoms with E-state index in [1.807, 2.05) is 37.3 Å². The molecule has 0 amide bonds. The molecular formula is C15H13ClN2O2S2. The van der Waals surface area contributed by atoms with Gasteiger partial charge in [0.2, 0.25) is 0 Å². The summed E-state index contributed by atoms with van der Waals surface area (Å²) in [6, 6.07) is 14.5. The summed E-state index contributed by atoms with van der Waals surface area (Å²) in [6.45, 7) is 2.00. The molecule has 1 atom stereocenters. The number of nitrogens with one attached hydrogen (secondary N) is 1. The van der Waals surface area contributed by atoms with Gasteiger partial charge in [-0.1, -0.05) is 53.7 Å². The number of amidine groups is 1. The Morgan fingerprint density at radius 3 is 2.64 bits per heavy atom. The van der Waals surface area contributed by atoms with Crippen LogP contribution in [0.2, 0.25) is 5.02 Å². The molecule has 0 radical (unpaired) electrons. The summed E-state index contributed by atoms with van der Waals surface area (Å²) in [7, 11) is -3.69. The number of rotatable bonds is 2. The lowest BCUT2D eigenvalue weighted by Crippen LogP contribution is -2.19. The first-order valence-corrected chi connectivity index (χ1v) is 9.28. The van der Waals surface area contributed by atoms with Gasteiger partial charge in [-0.25, -0.2) is 0 Å². The zero-order chi connectivity index (χ0) is 15.7. The summed E-state index contributed by atoms with van der Waals surface area (Å²) >= 11 is 7.30. The molecule has 2 aromatic rings. The highest BCUT2D eigenvalue weighted by Crippen LogP contribution is 2.35. The van der Waals surface area contributed by atoms with Crippen LogP contribution in [-0.2, 0) is 10.0 Å². The second-order valence-electron chi connectivity index (χ2n) is 4.81. The normalized spacial score (nSPS) is 17.1. The zero-order valence-electron chi connectivity index (χ0n) is 11.7. The highest BCUT2D eigenvalue weighted by Gasteiger charge is 2.26.